The highest BCUT2D eigenvalue weighted by atomic mass is 32.2. The maximum absolute atomic E-state index is 13.2. The second kappa shape index (κ2) is 11.0. The van der Waals surface area contributed by atoms with Crippen LogP contribution >= 0.6 is 11.8 Å². The number of carbonyl (C=O) groups excluding carboxylic acids is 1. The fraction of sp³-hybridized carbons (Fsp3) is 0.217. The summed E-state index contributed by atoms with van der Waals surface area (Å²) in [6, 6.07) is 17.3. The van der Waals surface area contributed by atoms with E-state index in [0.29, 0.717) is 18.8 Å². The zero-order chi connectivity index (χ0) is 21.2. The van der Waals surface area contributed by atoms with Crippen molar-refractivity contribution in [2.45, 2.75) is 24.9 Å². The first-order chi connectivity index (χ1) is 14.7. The Morgan fingerprint density at radius 3 is 2.57 bits per heavy atom. The van der Waals surface area contributed by atoms with Gasteiger partial charge in [0.15, 0.2) is 0 Å². The molecule has 0 fully saturated rings. The van der Waals surface area contributed by atoms with E-state index >= 15 is 0 Å². The predicted molar refractivity (Wildman–Crippen MR) is 119 cm³/mol. The van der Waals surface area contributed by atoms with Crippen molar-refractivity contribution < 1.29 is 4.79 Å². The van der Waals surface area contributed by atoms with E-state index in [-0.39, 0.29) is 11.9 Å². The van der Waals surface area contributed by atoms with Crippen LogP contribution in [0.25, 0.3) is 0 Å². The number of anilines is 1. The van der Waals surface area contributed by atoms with Gasteiger partial charge >= 0.3 is 6.03 Å². The van der Waals surface area contributed by atoms with Crippen molar-refractivity contribution in [2.75, 3.05) is 11.1 Å². The molecule has 1 atom stereocenters. The summed E-state index contributed by atoms with van der Waals surface area (Å²) >= 11 is 1.57. The third-order valence-electron chi connectivity index (χ3n) is 4.34. The molecule has 3 aromatic rings. The lowest BCUT2D eigenvalue weighted by atomic mass is 10.2. The fourth-order valence-corrected chi connectivity index (χ4v) is 3.72. The number of thioether (sulfide) groups is 1. The molecule has 0 radical (unpaired) electrons. The number of para-hydroxylation sites is 1. The molecule has 1 unspecified atom stereocenters. The molecular formula is C23H23N5OS. The summed E-state index contributed by atoms with van der Waals surface area (Å²) in [7, 11) is 0. The van der Waals surface area contributed by atoms with E-state index in [1.807, 2.05) is 55.5 Å². The lowest BCUT2D eigenvalue weighted by Crippen LogP contribution is -2.34. The van der Waals surface area contributed by atoms with Crippen molar-refractivity contribution >= 4 is 23.5 Å². The van der Waals surface area contributed by atoms with Gasteiger partial charge in [0.2, 0.25) is 0 Å². The highest BCUT2D eigenvalue weighted by Gasteiger charge is 2.17. The summed E-state index contributed by atoms with van der Waals surface area (Å²) in [4.78, 5) is 24.1. The van der Waals surface area contributed by atoms with Gasteiger partial charge in [0.1, 0.15) is 0 Å². The first-order valence-electron chi connectivity index (χ1n) is 9.61. The minimum absolute atomic E-state index is 0.0625. The Kier molecular flexibility index (Phi) is 7.81. The van der Waals surface area contributed by atoms with Crippen LogP contribution in [-0.2, 0) is 13.1 Å². The molecule has 1 N–H and O–H groups in total. The number of nitriles is 1. The summed E-state index contributed by atoms with van der Waals surface area (Å²) in [5.74, 6) is 0.604. The molecule has 2 amide bonds. The molecule has 0 aliphatic heterocycles. The highest BCUT2D eigenvalue weighted by Crippen LogP contribution is 2.29. The van der Waals surface area contributed by atoms with Gasteiger partial charge in [-0.3, -0.25) is 9.97 Å². The Labute approximate surface area is 181 Å². The van der Waals surface area contributed by atoms with E-state index < -0.39 is 0 Å². The zero-order valence-corrected chi connectivity index (χ0v) is 17.5. The van der Waals surface area contributed by atoms with Crippen LogP contribution in [0.4, 0.5) is 10.5 Å². The van der Waals surface area contributed by atoms with Crippen LogP contribution in [0.1, 0.15) is 18.1 Å². The van der Waals surface area contributed by atoms with Crippen molar-refractivity contribution in [1.82, 2.24) is 14.9 Å². The summed E-state index contributed by atoms with van der Waals surface area (Å²) in [6.07, 6.45) is 6.92. The fourth-order valence-electron chi connectivity index (χ4n) is 2.76. The Morgan fingerprint density at radius 1 is 1.07 bits per heavy atom. The maximum Gasteiger partial charge on any atom is 0.322 e. The Balaban J connectivity index is 1.77. The molecule has 0 spiro atoms. The molecule has 0 aliphatic carbocycles. The normalized spacial score (nSPS) is 11.3. The molecular weight excluding hydrogens is 394 g/mol. The minimum atomic E-state index is -0.197. The van der Waals surface area contributed by atoms with Crippen LogP contribution in [0.3, 0.4) is 0 Å². The Morgan fingerprint density at radius 2 is 1.83 bits per heavy atom. The molecule has 2 aromatic heterocycles. The van der Waals surface area contributed by atoms with Gasteiger partial charge in [-0.05, 0) is 48.4 Å². The van der Waals surface area contributed by atoms with Crippen LogP contribution in [0.2, 0.25) is 0 Å². The lowest BCUT2D eigenvalue weighted by Gasteiger charge is -2.24. The van der Waals surface area contributed by atoms with Gasteiger partial charge in [0, 0.05) is 48.5 Å². The number of hydrogen-bond acceptors (Lipinski definition) is 5. The first-order valence-corrected chi connectivity index (χ1v) is 10.6. The highest BCUT2D eigenvalue weighted by molar-refractivity contribution is 7.99. The van der Waals surface area contributed by atoms with Gasteiger partial charge in [-0.1, -0.05) is 18.2 Å². The smallest absolute Gasteiger partial charge is 0.316 e. The maximum atomic E-state index is 13.2. The SMILES string of the molecule is CC(C#N)CSc1ccccc1NC(=O)N(Cc1ccncc1)Cc1cccnc1. The summed E-state index contributed by atoms with van der Waals surface area (Å²) < 4.78 is 0. The van der Waals surface area contributed by atoms with E-state index in [0.717, 1.165) is 21.7 Å². The van der Waals surface area contributed by atoms with Crippen molar-refractivity contribution in [1.29, 1.82) is 5.26 Å². The summed E-state index contributed by atoms with van der Waals surface area (Å²) in [6.45, 7) is 2.77. The largest absolute Gasteiger partial charge is 0.322 e. The molecule has 3 rings (SSSR count). The van der Waals surface area contributed by atoms with Crippen molar-refractivity contribution in [2.24, 2.45) is 5.92 Å². The zero-order valence-electron chi connectivity index (χ0n) is 16.7. The quantitative estimate of drug-likeness (QED) is 0.524. The average Bonchev–Trinajstić information content (AvgIpc) is 2.79. The van der Waals surface area contributed by atoms with Gasteiger partial charge in [0.05, 0.1) is 17.7 Å². The van der Waals surface area contributed by atoms with Crippen LogP contribution in [-0.4, -0.2) is 26.7 Å². The number of amides is 2. The third-order valence-corrected chi connectivity index (χ3v) is 5.68. The van der Waals surface area contributed by atoms with Gasteiger partial charge in [0.25, 0.3) is 0 Å². The van der Waals surface area contributed by atoms with E-state index in [1.54, 1.807) is 41.4 Å². The number of nitrogens with one attached hydrogen (secondary N) is 1. The lowest BCUT2D eigenvalue weighted by molar-refractivity contribution is 0.206. The van der Waals surface area contributed by atoms with Crippen molar-refractivity contribution in [3.8, 4) is 6.07 Å². The number of rotatable bonds is 8. The molecule has 7 heteroatoms. The van der Waals surface area contributed by atoms with Gasteiger partial charge < -0.3 is 10.2 Å². The van der Waals surface area contributed by atoms with Crippen LogP contribution in [0, 0.1) is 17.2 Å². The van der Waals surface area contributed by atoms with Crippen molar-refractivity contribution in [3.05, 3.63) is 84.4 Å². The van der Waals surface area contributed by atoms with Crippen LogP contribution < -0.4 is 5.32 Å². The molecule has 30 heavy (non-hydrogen) atoms. The van der Waals surface area contributed by atoms with E-state index in [2.05, 4.69) is 21.4 Å². The molecule has 152 valence electrons. The Hall–Kier alpha value is -3.37. The number of carbonyl (C=O) groups is 1. The first kappa shape index (κ1) is 21.3. The Bertz CT molecular complexity index is 950. The number of aromatic nitrogens is 2. The number of urea groups is 1. The van der Waals surface area contributed by atoms with Crippen LogP contribution in [0.15, 0.2) is 78.2 Å². The van der Waals surface area contributed by atoms with Gasteiger partial charge in [-0.2, -0.15) is 5.26 Å². The number of benzene rings is 1. The van der Waals surface area contributed by atoms with Crippen LogP contribution in [0.5, 0.6) is 0 Å². The number of hydrogen-bond donors (Lipinski definition) is 1. The van der Waals surface area contributed by atoms with E-state index in [1.165, 1.54) is 0 Å². The third kappa shape index (κ3) is 6.33. The monoisotopic (exact) mass is 417 g/mol. The van der Waals surface area contributed by atoms with E-state index in [4.69, 9.17) is 5.26 Å². The molecule has 6 nitrogen and oxygen atoms in total. The molecule has 0 aliphatic rings. The second-order valence-corrected chi connectivity index (χ2v) is 7.90. The van der Waals surface area contributed by atoms with Crippen molar-refractivity contribution in [3.63, 3.8) is 0 Å². The molecule has 0 saturated carbocycles. The molecule has 0 bridgehead atoms. The second-order valence-electron chi connectivity index (χ2n) is 6.84. The van der Waals surface area contributed by atoms with Gasteiger partial charge in [-0.25, -0.2) is 4.79 Å². The predicted octanol–water partition coefficient (Wildman–Crippen LogP) is 4.96. The van der Waals surface area contributed by atoms with E-state index in [9.17, 15) is 4.79 Å². The molecule has 0 saturated heterocycles. The average molecular weight is 418 g/mol. The standard InChI is InChI=1S/C23H23N5OS/c1-18(13-24)17-30-22-7-3-2-6-21(22)27-23(29)28(15-19-8-11-25-12-9-19)16-20-5-4-10-26-14-20/h2-12,14,18H,15-17H2,1H3,(H,27,29). The summed E-state index contributed by atoms with van der Waals surface area (Å²) in [5, 5.41) is 12.1. The minimum Gasteiger partial charge on any atom is -0.316 e. The topological polar surface area (TPSA) is 81.9 Å². The number of pyridine rings is 2. The molecule has 2 heterocycles. The summed E-state index contributed by atoms with van der Waals surface area (Å²) in [5.41, 5.74) is 2.69. The number of nitrogens with zero attached hydrogens (tertiary/aromatic N) is 4. The molecule has 1 aromatic carbocycles. The van der Waals surface area contributed by atoms with Gasteiger partial charge in [-0.15, -0.1) is 11.8 Å².